The highest BCUT2D eigenvalue weighted by Gasteiger charge is 2.17. The van der Waals surface area contributed by atoms with Crippen LogP contribution in [0.2, 0.25) is 0 Å². The summed E-state index contributed by atoms with van der Waals surface area (Å²) in [7, 11) is 0. The Labute approximate surface area is 120 Å². The Kier molecular flexibility index (Phi) is 4.83. The van der Waals surface area contributed by atoms with Crippen LogP contribution >= 0.6 is 12.4 Å². The first-order chi connectivity index (χ1) is 8.81. The van der Waals surface area contributed by atoms with Gasteiger partial charge in [0.2, 0.25) is 5.91 Å². The van der Waals surface area contributed by atoms with Crippen LogP contribution in [0.15, 0.2) is 18.2 Å². The molecule has 4 heteroatoms. The van der Waals surface area contributed by atoms with Crippen molar-refractivity contribution < 1.29 is 4.79 Å². The Morgan fingerprint density at radius 1 is 1.32 bits per heavy atom. The Morgan fingerprint density at radius 2 is 2.16 bits per heavy atom. The zero-order chi connectivity index (χ0) is 12.4. The number of halogens is 1. The van der Waals surface area contributed by atoms with Crippen LogP contribution in [0.1, 0.15) is 29.5 Å². The van der Waals surface area contributed by atoms with Gasteiger partial charge in [-0.05, 0) is 48.9 Å². The summed E-state index contributed by atoms with van der Waals surface area (Å²) in [6, 6.07) is 6.85. The van der Waals surface area contributed by atoms with E-state index in [1.165, 1.54) is 30.4 Å². The highest BCUT2D eigenvalue weighted by Crippen LogP contribution is 2.22. The summed E-state index contributed by atoms with van der Waals surface area (Å²) in [4.78, 5) is 11.9. The lowest BCUT2D eigenvalue weighted by molar-refractivity contribution is -0.121. The van der Waals surface area contributed by atoms with Crippen LogP contribution in [0, 0.1) is 0 Å². The number of fused-ring (bicyclic) bond motifs is 1. The van der Waals surface area contributed by atoms with Crippen LogP contribution < -0.4 is 10.6 Å². The summed E-state index contributed by atoms with van der Waals surface area (Å²) in [6.45, 7) is 1.93. The van der Waals surface area contributed by atoms with Crippen molar-refractivity contribution in [2.45, 2.75) is 38.1 Å². The summed E-state index contributed by atoms with van der Waals surface area (Å²) in [5.74, 6) is 0.154. The van der Waals surface area contributed by atoms with E-state index in [0.717, 1.165) is 25.1 Å². The van der Waals surface area contributed by atoms with Gasteiger partial charge < -0.3 is 10.6 Å². The molecule has 1 fully saturated rings. The summed E-state index contributed by atoms with van der Waals surface area (Å²) >= 11 is 0. The smallest absolute Gasteiger partial charge is 0.224 e. The molecule has 0 bridgehead atoms. The molecule has 1 heterocycles. The molecule has 0 saturated carbocycles. The molecule has 3 rings (SSSR count). The summed E-state index contributed by atoms with van der Waals surface area (Å²) in [6.07, 6.45) is 5.21. The lowest BCUT2D eigenvalue weighted by Crippen LogP contribution is -2.37. The van der Waals surface area contributed by atoms with Crippen molar-refractivity contribution in [1.29, 1.82) is 0 Å². The summed E-state index contributed by atoms with van der Waals surface area (Å²) in [5.41, 5.74) is 4.07. The number of nitrogens with one attached hydrogen (secondary N) is 2. The van der Waals surface area contributed by atoms with E-state index < -0.39 is 0 Å². The Hall–Kier alpha value is -1.06. The quantitative estimate of drug-likeness (QED) is 0.883. The van der Waals surface area contributed by atoms with Crippen molar-refractivity contribution >= 4 is 18.3 Å². The first-order valence-corrected chi connectivity index (χ1v) is 6.92. The second-order valence-electron chi connectivity index (χ2n) is 5.39. The molecule has 1 aliphatic carbocycles. The molecular weight excluding hydrogens is 260 g/mol. The average molecular weight is 281 g/mol. The fourth-order valence-corrected chi connectivity index (χ4v) is 2.98. The van der Waals surface area contributed by atoms with Gasteiger partial charge in [0, 0.05) is 12.6 Å². The lowest BCUT2D eigenvalue weighted by atomic mass is 10.0. The zero-order valence-corrected chi connectivity index (χ0v) is 11.9. The van der Waals surface area contributed by atoms with Crippen LogP contribution in [0.4, 0.5) is 0 Å². The molecule has 0 aromatic heterocycles. The van der Waals surface area contributed by atoms with E-state index in [1.807, 2.05) is 0 Å². The molecule has 1 aromatic carbocycles. The minimum Gasteiger partial charge on any atom is -0.352 e. The van der Waals surface area contributed by atoms with Gasteiger partial charge in [-0.15, -0.1) is 12.4 Å². The van der Waals surface area contributed by atoms with Gasteiger partial charge in [-0.25, -0.2) is 0 Å². The highest BCUT2D eigenvalue weighted by atomic mass is 35.5. The Morgan fingerprint density at radius 3 is 2.95 bits per heavy atom. The van der Waals surface area contributed by atoms with Crippen LogP contribution in [0.5, 0.6) is 0 Å². The molecule has 1 amide bonds. The van der Waals surface area contributed by atoms with Crippen LogP contribution in [0.3, 0.4) is 0 Å². The molecule has 3 nitrogen and oxygen atoms in total. The first-order valence-electron chi connectivity index (χ1n) is 6.92. The number of carbonyl (C=O) groups is 1. The molecule has 1 atom stereocenters. The molecule has 1 aromatic rings. The predicted octanol–water partition coefficient (Wildman–Crippen LogP) is 1.62. The monoisotopic (exact) mass is 280 g/mol. The van der Waals surface area contributed by atoms with Gasteiger partial charge in [0.1, 0.15) is 0 Å². The van der Waals surface area contributed by atoms with E-state index in [9.17, 15) is 4.79 Å². The van der Waals surface area contributed by atoms with Crippen molar-refractivity contribution in [2.24, 2.45) is 0 Å². The first kappa shape index (κ1) is 14.4. The van der Waals surface area contributed by atoms with Gasteiger partial charge in [0.15, 0.2) is 0 Å². The van der Waals surface area contributed by atoms with Gasteiger partial charge >= 0.3 is 0 Å². The second-order valence-corrected chi connectivity index (χ2v) is 5.39. The van der Waals surface area contributed by atoms with Gasteiger partial charge in [0.25, 0.3) is 0 Å². The molecule has 0 radical (unpaired) electrons. The molecule has 1 aliphatic heterocycles. The van der Waals surface area contributed by atoms with E-state index in [4.69, 9.17) is 0 Å². The number of amides is 1. The minimum absolute atomic E-state index is 0. The SMILES string of the molecule is Cl.O=C(Cc1ccc2c(c1)CCC2)NC1CCNC1. The molecule has 2 N–H and O–H groups in total. The molecular formula is C15H21ClN2O. The highest BCUT2D eigenvalue weighted by molar-refractivity contribution is 5.85. The van der Waals surface area contributed by atoms with Crippen molar-refractivity contribution in [1.82, 2.24) is 10.6 Å². The van der Waals surface area contributed by atoms with Crippen LogP contribution in [0.25, 0.3) is 0 Å². The topological polar surface area (TPSA) is 41.1 Å². The maximum atomic E-state index is 11.9. The number of hydrogen-bond acceptors (Lipinski definition) is 2. The van der Waals surface area contributed by atoms with E-state index in [-0.39, 0.29) is 18.3 Å². The van der Waals surface area contributed by atoms with Gasteiger partial charge in [-0.3, -0.25) is 4.79 Å². The third-order valence-electron chi connectivity index (χ3n) is 3.95. The fourth-order valence-electron chi connectivity index (χ4n) is 2.98. The number of aryl methyl sites for hydroxylation is 2. The number of rotatable bonds is 3. The average Bonchev–Trinajstić information content (AvgIpc) is 2.98. The third-order valence-corrected chi connectivity index (χ3v) is 3.95. The molecule has 2 aliphatic rings. The third kappa shape index (κ3) is 3.48. The van der Waals surface area contributed by atoms with Crippen molar-refractivity contribution in [2.75, 3.05) is 13.1 Å². The predicted molar refractivity (Wildman–Crippen MR) is 78.8 cm³/mol. The van der Waals surface area contributed by atoms with E-state index in [0.29, 0.717) is 12.5 Å². The molecule has 0 spiro atoms. The minimum atomic E-state index is 0. The van der Waals surface area contributed by atoms with Gasteiger partial charge in [0.05, 0.1) is 6.42 Å². The molecule has 104 valence electrons. The number of carbonyl (C=O) groups excluding carboxylic acids is 1. The van der Waals surface area contributed by atoms with Crippen LogP contribution in [-0.2, 0) is 24.1 Å². The second kappa shape index (κ2) is 6.40. The maximum Gasteiger partial charge on any atom is 0.224 e. The van der Waals surface area contributed by atoms with Crippen LogP contribution in [-0.4, -0.2) is 25.0 Å². The van der Waals surface area contributed by atoms with Gasteiger partial charge in [-0.1, -0.05) is 18.2 Å². The summed E-state index contributed by atoms with van der Waals surface area (Å²) < 4.78 is 0. The molecule has 1 unspecified atom stereocenters. The standard InChI is InChI=1S/C15H20N2O.ClH/c18-15(17-14-6-7-16-10-14)9-11-4-5-12-2-1-3-13(12)8-11;/h4-5,8,14,16H,1-3,6-7,9-10H2,(H,17,18);1H. The maximum absolute atomic E-state index is 11.9. The van der Waals surface area contributed by atoms with E-state index in [2.05, 4.69) is 28.8 Å². The molecule has 1 saturated heterocycles. The van der Waals surface area contributed by atoms with Gasteiger partial charge in [-0.2, -0.15) is 0 Å². The summed E-state index contributed by atoms with van der Waals surface area (Å²) in [5, 5.41) is 6.35. The number of benzene rings is 1. The fraction of sp³-hybridized carbons (Fsp3) is 0.533. The Balaban J connectivity index is 0.00000133. The normalized spacial score (nSPS) is 20.7. The zero-order valence-electron chi connectivity index (χ0n) is 11.1. The van der Waals surface area contributed by atoms with Crippen molar-refractivity contribution in [3.8, 4) is 0 Å². The lowest BCUT2D eigenvalue weighted by Gasteiger charge is -2.11. The van der Waals surface area contributed by atoms with E-state index >= 15 is 0 Å². The Bertz CT molecular complexity index is 455. The van der Waals surface area contributed by atoms with Crippen molar-refractivity contribution in [3.63, 3.8) is 0 Å². The van der Waals surface area contributed by atoms with Crippen molar-refractivity contribution in [3.05, 3.63) is 34.9 Å². The van der Waals surface area contributed by atoms with E-state index in [1.54, 1.807) is 0 Å². The number of hydrogen-bond donors (Lipinski definition) is 2. The molecule has 19 heavy (non-hydrogen) atoms. The largest absolute Gasteiger partial charge is 0.352 e.